The molecule has 0 saturated carbocycles. The third-order valence-corrected chi connectivity index (χ3v) is 6.40. The molecule has 0 radical (unpaired) electrons. The summed E-state index contributed by atoms with van der Waals surface area (Å²) >= 11 is 0. The molecule has 1 aromatic heterocycles. The van der Waals surface area contributed by atoms with Gasteiger partial charge in [0.2, 0.25) is 5.91 Å². The summed E-state index contributed by atoms with van der Waals surface area (Å²) in [6.07, 6.45) is 2.63. The number of benzene rings is 1. The zero-order valence-corrected chi connectivity index (χ0v) is 17.9. The van der Waals surface area contributed by atoms with Gasteiger partial charge in [0.15, 0.2) is 0 Å². The summed E-state index contributed by atoms with van der Waals surface area (Å²) in [7, 11) is 0. The fourth-order valence-electron chi connectivity index (χ4n) is 4.68. The van der Waals surface area contributed by atoms with E-state index in [9.17, 15) is 18.8 Å². The standard InChI is InChI=1S/C23H23F3N4O3/c1-12-8-15(2-5-18(12)24)29-21(32)13-6-7-28-19(11-13)23(25,26)22(33)30-16-3-4-17(30)10-14(9-16)20(27)31/h2,5-8,11,14,16-17H,3-4,9-10H2,1H3,(H2,27,31)(H,29,32)/t14?,16-,17+. The molecule has 2 bridgehead atoms. The molecule has 2 aromatic rings. The van der Waals surface area contributed by atoms with Gasteiger partial charge in [-0.05, 0) is 68.5 Å². The van der Waals surface area contributed by atoms with Crippen LogP contribution in [-0.4, -0.2) is 39.7 Å². The van der Waals surface area contributed by atoms with Gasteiger partial charge in [0.1, 0.15) is 11.5 Å². The Balaban J connectivity index is 1.53. The highest BCUT2D eigenvalue weighted by molar-refractivity contribution is 6.04. The lowest BCUT2D eigenvalue weighted by Crippen LogP contribution is -2.53. The number of pyridine rings is 1. The molecule has 4 rings (SSSR count). The fraction of sp³-hybridized carbons (Fsp3) is 0.391. The van der Waals surface area contributed by atoms with E-state index in [-0.39, 0.29) is 18.4 Å². The zero-order chi connectivity index (χ0) is 23.9. The van der Waals surface area contributed by atoms with Gasteiger partial charge in [0.05, 0.1) is 0 Å². The van der Waals surface area contributed by atoms with Crippen LogP contribution in [0.25, 0.3) is 0 Å². The number of piperidine rings is 1. The van der Waals surface area contributed by atoms with Gasteiger partial charge in [-0.25, -0.2) is 4.39 Å². The van der Waals surface area contributed by atoms with Crippen LogP contribution in [0.15, 0.2) is 36.5 Å². The first-order valence-corrected chi connectivity index (χ1v) is 10.6. The molecular weight excluding hydrogens is 437 g/mol. The van der Waals surface area contributed by atoms with Crippen molar-refractivity contribution < 1.29 is 27.6 Å². The minimum atomic E-state index is -3.96. The summed E-state index contributed by atoms with van der Waals surface area (Å²) in [6, 6.07) is 5.12. The predicted octanol–water partition coefficient (Wildman–Crippen LogP) is 3.13. The second-order valence-electron chi connectivity index (χ2n) is 8.59. The van der Waals surface area contributed by atoms with E-state index in [0.29, 0.717) is 24.1 Å². The Morgan fingerprint density at radius 1 is 1.12 bits per heavy atom. The van der Waals surface area contributed by atoms with Gasteiger partial charge in [0.25, 0.3) is 11.8 Å². The summed E-state index contributed by atoms with van der Waals surface area (Å²) in [6.45, 7) is 1.53. The van der Waals surface area contributed by atoms with Crippen molar-refractivity contribution in [1.82, 2.24) is 9.88 Å². The van der Waals surface area contributed by atoms with E-state index in [1.807, 2.05) is 0 Å². The smallest absolute Gasteiger partial charge is 0.366 e. The molecule has 3 atom stereocenters. The largest absolute Gasteiger partial charge is 0.369 e. The highest BCUT2D eigenvalue weighted by atomic mass is 19.3. The summed E-state index contributed by atoms with van der Waals surface area (Å²) < 4.78 is 43.9. The first kappa shape index (κ1) is 22.8. The molecule has 2 aliphatic heterocycles. The number of fused-ring (bicyclic) bond motifs is 2. The Kier molecular flexibility index (Phi) is 5.85. The lowest BCUT2D eigenvalue weighted by Gasteiger charge is -2.39. The number of aryl methyl sites for hydroxylation is 1. The predicted molar refractivity (Wildman–Crippen MR) is 113 cm³/mol. The molecule has 10 heteroatoms. The Hall–Kier alpha value is -3.43. The topological polar surface area (TPSA) is 105 Å². The van der Waals surface area contributed by atoms with Crippen molar-refractivity contribution in [1.29, 1.82) is 0 Å². The Morgan fingerprint density at radius 2 is 1.79 bits per heavy atom. The number of carbonyl (C=O) groups is 3. The molecule has 0 spiro atoms. The molecule has 2 aliphatic rings. The maximum Gasteiger partial charge on any atom is 0.366 e. The van der Waals surface area contributed by atoms with E-state index >= 15 is 8.78 Å². The Labute approximate surface area is 188 Å². The molecule has 3 heterocycles. The maximum absolute atomic E-state index is 15.2. The van der Waals surface area contributed by atoms with Crippen LogP contribution in [0, 0.1) is 18.7 Å². The van der Waals surface area contributed by atoms with Crippen LogP contribution >= 0.6 is 0 Å². The van der Waals surface area contributed by atoms with Crippen LogP contribution in [0.3, 0.4) is 0 Å². The van der Waals surface area contributed by atoms with Gasteiger partial charge < -0.3 is 16.0 Å². The van der Waals surface area contributed by atoms with Gasteiger partial charge >= 0.3 is 5.92 Å². The van der Waals surface area contributed by atoms with Crippen LogP contribution in [-0.2, 0) is 15.5 Å². The average molecular weight is 460 g/mol. The minimum Gasteiger partial charge on any atom is -0.369 e. The number of halogens is 3. The maximum atomic E-state index is 15.2. The van der Waals surface area contributed by atoms with Gasteiger partial charge in [-0.2, -0.15) is 8.78 Å². The van der Waals surface area contributed by atoms with Crippen LogP contribution in [0.2, 0.25) is 0 Å². The van der Waals surface area contributed by atoms with Crippen LogP contribution in [0.1, 0.15) is 47.3 Å². The molecule has 1 aromatic carbocycles. The first-order valence-electron chi connectivity index (χ1n) is 10.6. The normalized spacial score (nSPS) is 22.2. The second-order valence-corrected chi connectivity index (χ2v) is 8.59. The number of hydrogen-bond donors (Lipinski definition) is 2. The molecular formula is C23H23F3N4O3. The monoisotopic (exact) mass is 460 g/mol. The molecule has 1 unspecified atom stereocenters. The van der Waals surface area contributed by atoms with Crippen molar-refractivity contribution in [3.63, 3.8) is 0 Å². The van der Waals surface area contributed by atoms with Gasteiger partial charge in [0, 0.05) is 35.4 Å². The average Bonchev–Trinajstić information content (AvgIpc) is 3.04. The number of aromatic nitrogens is 1. The third kappa shape index (κ3) is 4.29. The zero-order valence-electron chi connectivity index (χ0n) is 17.9. The van der Waals surface area contributed by atoms with Crippen molar-refractivity contribution in [3.8, 4) is 0 Å². The molecule has 2 fully saturated rings. The van der Waals surface area contributed by atoms with Gasteiger partial charge in [-0.3, -0.25) is 19.4 Å². The quantitative estimate of drug-likeness (QED) is 0.715. The highest BCUT2D eigenvalue weighted by Gasteiger charge is 2.53. The van der Waals surface area contributed by atoms with E-state index in [1.165, 1.54) is 31.2 Å². The molecule has 3 amide bonds. The number of alkyl halides is 2. The number of rotatable bonds is 5. The summed E-state index contributed by atoms with van der Waals surface area (Å²) in [4.78, 5) is 41.8. The summed E-state index contributed by atoms with van der Waals surface area (Å²) in [5, 5.41) is 2.52. The van der Waals surface area contributed by atoms with Gasteiger partial charge in [-0.1, -0.05) is 0 Å². The van der Waals surface area contributed by atoms with Crippen molar-refractivity contribution in [2.45, 2.75) is 50.6 Å². The highest BCUT2D eigenvalue weighted by Crippen LogP contribution is 2.42. The van der Waals surface area contributed by atoms with Crippen LogP contribution in [0.4, 0.5) is 18.9 Å². The number of nitrogens with two attached hydrogens (primary N) is 1. The van der Waals surface area contributed by atoms with Crippen molar-refractivity contribution in [2.75, 3.05) is 5.32 Å². The van der Waals surface area contributed by atoms with Crippen LogP contribution in [0.5, 0.6) is 0 Å². The van der Waals surface area contributed by atoms with Crippen molar-refractivity contribution in [2.24, 2.45) is 11.7 Å². The Bertz CT molecular complexity index is 1110. The number of hydrogen-bond acceptors (Lipinski definition) is 4. The third-order valence-electron chi connectivity index (χ3n) is 6.40. The minimum absolute atomic E-state index is 0.120. The molecule has 174 valence electrons. The van der Waals surface area contributed by atoms with E-state index < -0.39 is 53.2 Å². The second kappa shape index (κ2) is 8.49. The van der Waals surface area contributed by atoms with E-state index in [2.05, 4.69) is 10.3 Å². The van der Waals surface area contributed by atoms with Crippen molar-refractivity contribution >= 4 is 23.4 Å². The SMILES string of the molecule is Cc1cc(NC(=O)c2ccnc(C(F)(F)C(=O)N3[C@@H]4CC[C@H]3CC(C(N)=O)C4)c2)ccc1F. The lowest BCUT2D eigenvalue weighted by atomic mass is 9.89. The molecule has 7 nitrogen and oxygen atoms in total. The summed E-state index contributed by atoms with van der Waals surface area (Å²) in [5.41, 5.74) is 5.03. The number of amides is 3. The van der Waals surface area contributed by atoms with Gasteiger partial charge in [-0.15, -0.1) is 0 Å². The fourth-order valence-corrected chi connectivity index (χ4v) is 4.68. The number of nitrogens with one attached hydrogen (secondary N) is 1. The number of anilines is 1. The molecule has 0 aliphatic carbocycles. The van der Waals surface area contributed by atoms with Crippen LogP contribution < -0.4 is 11.1 Å². The Morgan fingerprint density at radius 3 is 2.39 bits per heavy atom. The lowest BCUT2D eigenvalue weighted by molar-refractivity contribution is -0.165. The van der Waals surface area contributed by atoms with E-state index in [4.69, 9.17) is 5.73 Å². The van der Waals surface area contributed by atoms with E-state index in [1.54, 1.807) is 0 Å². The number of carbonyl (C=O) groups excluding carboxylic acids is 3. The molecule has 2 saturated heterocycles. The summed E-state index contributed by atoms with van der Waals surface area (Å²) in [5.74, 6) is -7.40. The molecule has 33 heavy (non-hydrogen) atoms. The van der Waals surface area contributed by atoms with E-state index in [0.717, 1.165) is 17.2 Å². The molecule has 3 N–H and O–H groups in total. The number of primary amides is 1. The van der Waals surface area contributed by atoms with Crippen molar-refractivity contribution in [3.05, 3.63) is 59.2 Å². The number of nitrogens with zero attached hydrogens (tertiary/aromatic N) is 2. The first-order chi connectivity index (χ1) is 15.6.